The second-order valence-corrected chi connectivity index (χ2v) is 3.60. The van der Waals surface area contributed by atoms with Crippen molar-refractivity contribution in [1.29, 1.82) is 0 Å². The lowest BCUT2D eigenvalue weighted by Gasteiger charge is -2.23. The average Bonchev–Trinajstić information content (AvgIpc) is 1.99. The molecular formula is C9H19AlO4. The van der Waals surface area contributed by atoms with E-state index in [4.69, 9.17) is 9.84 Å². The number of hydrogen-bond acceptors (Lipinski definition) is 3. The molecule has 0 fully saturated rings. The highest BCUT2D eigenvalue weighted by Crippen LogP contribution is 2.13. The Morgan fingerprint density at radius 3 is 2.07 bits per heavy atom. The maximum Gasteiger partial charge on any atom is 0.343 e. The Hall–Kier alpha value is -0.368. The molecule has 14 heavy (non-hydrogen) atoms. The molecule has 1 N–H and O–H groups in total. The standard InChI is InChI=1S/C9H16O4.Al.3H/c1-6(2)5-13-9(4,7(3)10)8(11)12;;;;/h6H,5H2,1-4H3,(H,11,12);;;;. The maximum absolute atomic E-state index is 11.0. The van der Waals surface area contributed by atoms with Crippen LogP contribution in [0, 0.1) is 5.92 Å². The number of ether oxygens (including phenoxy) is 1. The third-order valence-corrected chi connectivity index (χ3v) is 1.79. The van der Waals surface area contributed by atoms with Crippen LogP contribution >= 0.6 is 0 Å². The Balaban J connectivity index is 0. The second kappa shape index (κ2) is 6.18. The van der Waals surface area contributed by atoms with Crippen molar-refractivity contribution in [2.75, 3.05) is 6.61 Å². The first-order chi connectivity index (χ1) is 5.80. The predicted octanol–water partition coefficient (Wildman–Crippen LogP) is -0.0926. The largest absolute Gasteiger partial charge is 0.479 e. The number of Topliss-reactive ketones (excluding diaryl/α,β-unsaturated/α-hetero) is 1. The van der Waals surface area contributed by atoms with Crippen LogP contribution in [-0.4, -0.2) is 46.4 Å². The molecule has 0 aliphatic rings. The first kappa shape index (κ1) is 16.1. The molecule has 0 rings (SSSR count). The van der Waals surface area contributed by atoms with Gasteiger partial charge in [-0.1, -0.05) is 13.8 Å². The zero-order valence-corrected chi connectivity index (χ0v) is 8.46. The number of rotatable bonds is 5. The quantitative estimate of drug-likeness (QED) is 0.517. The van der Waals surface area contributed by atoms with Crippen LogP contribution in [0.1, 0.15) is 27.7 Å². The Morgan fingerprint density at radius 1 is 1.43 bits per heavy atom. The summed E-state index contributed by atoms with van der Waals surface area (Å²) in [7, 11) is 0. The minimum atomic E-state index is -1.69. The fraction of sp³-hybridized carbons (Fsp3) is 0.778. The summed E-state index contributed by atoms with van der Waals surface area (Å²) in [5.74, 6) is -1.51. The summed E-state index contributed by atoms with van der Waals surface area (Å²) in [4.78, 5) is 21.7. The van der Waals surface area contributed by atoms with Crippen LogP contribution in [0.4, 0.5) is 0 Å². The van der Waals surface area contributed by atoms with Crippen molar-refractivity contribution in [3.05, 3.63) is 0 Å². The van der Waals surface area contributed by atoms with Crippen LogP contribution in [0.15, 0.2) is 0 Å². The highest BCUT2D eigenvalue weighted by Gasteiger charge is 2.39. The van der Waals surface area contributed by atoms with E-state index in [0.29, 0.717) is 0 Å². The molecule has 0 saturated heterocycles. The third-order valence-electron chi connectivity index (χ3n) is 1.79. The number of carboxylic acids is 1. The zero-order chi connectivity index (χ0) is 10.6. The lowest BCUT2D eigenvalue weighted by molar-refractivity contribution is -0.170. The topological polar surface area (TPSA) is 63.6 Å². The summed E-state index contributed by atoms with van der Waals surface area (Å²) in [6.45, 7) is 6.54. The summed E-state index contributed by atoms with van der Waals surface area (Å²) in [6, 6.07) is 0. The Morgan fingerprint density at radius 2 is 1.86 bits per heavy atom. The van der Waals surface area contributed by atoms with Crippen LogP contribution in [0.25, 0.3) is 0 Å². The number of carbonyl (C=O) groups is 2. The van der Waals surface area contributed by atoms with E-state index in [9.17, 15) is 9.59 Å². The van der Waals surface area contributed by atoms with E-state index >= 15 is 0 Å². The van der Waals surface area contributed by atoms with E-state index < -0.39 is 17.4 Å². The molecule has 82 valence electrons. The van der Waals surface area contributed by atoms with Gasteiger partial charge >= 0.3 is 5.97 Å². The molecule has 0 heterocycles. The lowest BCUT2D eigenvalue weighted by atomic mass is 10.0. The van der Waals surface area contributed by atoms with Crippen LogP contribution in [0.5, 0.6) is 0 Å². The van der Waals surface area contributed by atoms with Crippen molar-refractivity contribution < 1.29 is 19.4 Å². The second-order valence-electron chi connectivity index (χ2n) is 3.60. The average molecular weight is 218 g/mol. The van der Waals surface area contributed by atoms with Gasteiger partial charge < -0.3 is 9.84 Å². The lowest BCUT2D eigenvalue weighted by Crippen LogP contribution is -2.45. The van der Waals surface area contributed by atoms with Crippen LogP contribution in [0.3, 0.4) is 0 Å². The predicted molar refractivity (Wildman–Crippen MR) is 57.5 cm³/mol. The van der Waals surface area contributed by atoms with E-state index in [0.717, 1.165) is 0 Å². The highest BCUT2D eigenvalue weighted by atomic mass is 27.0. The van der Waals surface area contributed by atoms with E-state index in [1.807, 2.05) is 13.8 Å². The first-order valence-electron chi connectivity index (χ1n) is 4.19. The molecule has 0 aromatic carbocycles. The molecule has 0 aromatic rings. The van der Waals surface area contributed by atoms with Gasteiger partial charge in [0.25, 0.3) is 0 Å². The molecule has 0 aliphatic carbocycles. The van der Waals surface area contributed by atoms with Crippen LogP contribution < -0.4 is 0 Å². The van der Waals surface area contributed by atoms with Gasteiger partial charge in [-0.15, -0.1) is 0 Å². The molecule has 0 saturated carbocycles. The molecule has 0 aliphatic heterocycles. The molecular weight excluding hydrogens is 199 g/mol. The molecule has 0 bridgehead atoms. The minimum absolute atomic E-state index is 0. The van der Waals surface area contributed by atoms with Crippen molar-refractivity contribution in [2.45, 2.75) is 33.3 Å². The summed E-state index contributed by atoms with van der Waals surface area (Å²) in [6.07, 6.45) is 0. The van der Waals surface area contributed by atoms with Gasteiger partial charge in [-0.25, -0.2) is 4.79 Å². The summed E-state index contributed by atoms with van der Waals surface area (Å²) < 4.78 is 5.06. The molecule has 4 nitrogen and oxygen atoms in total. The van der Waals surface area contributed by atoms with Gasteiger partial charge in [0, 0.05) is 0 Å². The third kappa shape index (κ3) is 4.23. The Bertz CT molecular complexity index is 199. The SMILES string of the molecule is CC(=O)C(C)(OCC(C)C)C(=O)O.[AlH3]. The van der Waals surface area contributed by atoms with Crippen molar-refractivity contribution in [1.82, 2.24) is 0 Å². The molecule has 0 radical (unpaired) electrons. The number of aliphatic carboxylic acids is 1. The number of hydrogen-bond donors (Lipinski definition) is 1. The van der Waals surface area contributed by atoms with Gasteiger partial charge in [0.2, 0.25) is 5.60 Å². The minimum Gasteiger partial charge on any atom is -0.479 e. The van der Waals surface area contributed by atoms with Crippen LogP contribution in [-0.2, 0) is 14.3 Å². The smallest absolute Gasteiger partial charge is 0.343 e. The molecule has 5 heteroatoms. The monoisotopic (exact) mass is 218 g/mol. The number of carboxylic acid groups (broad SMARTS) is 1. The van der Waals surface area contributed by atoms with Crippen molar-refractivity contribution in [2.24, 2.45) is 5.92 Å². The zero-order valence-electron chi connectivity index (χ0n) is 8.46. The van der Waals surface area contributed by atoms with Crippen molar-refractivity contribution in [3.8, 4) is 0 Å². The fourth-order valence-corrected chi connectivity index (χ4v) is 0.647. The van der Waals surface area contributed by atoms with E-state index in [-0.39, 0.29) is 29.9 Å². The maximum atomic E-state index is 11.0. The van der Waals surface area contributed by atoms with E-state index in [1.165, 1.54) is 13.8 Å². The van der Waals surface area contributed by atoms with Gasteiger partial charge in [0.05, 0.1) is 6.61 Å². The van der Waals surface area contributed by atoms with E-state index in [2.05, 4.69) is 0 Å². The molecule has 1 unspecified atom stereocenters. The van der Waals surface area contributed by atoms with Crippen molar-refractivity contribution >= 4 is 29.1 Å². The Kier molecular flexibility index (Phi) is 7.10. The molecule has 0 amide bonds. The Labute approximate surface area is 94.8 Å². The van der Waals surface area contributed by atoms with Gasteiger partial charge in [-0.2, -0.15) is 0 Å². The van der Waals surface area contributed by atoms with Crippen molar-refractivity contribution in [3.63, 3.8) is 0 Å². The summed E-state index contributed by atoms with van der Waals surface area (Å²) in [5.41, 5.74) is -1.69. The molecule has 1 atom stereocenters. The van der Waals surface area contributed by atoms with Crippen LogP contribution in [0.2, 0.25) is 0 Å². The van der Waals surface area contributed by atoms with Gasteiger partial charge in [-0.3, -0.25) is 4.79 Å². The van der Waals surface area contributed by atoms with Gasteiger partial charge in [0.1, 0.15) is 0 Å². The summed E-state index contributed by atoms with van der Waals surface area (Å²) in [5, 5.41) is 8.77. The fourth-order valence-electron chi connectivity index (χ4n) is 0.647. The summed E-state index contributed by atoms with van der Waals surface area (Å²) >= 11 is 0. The number of carbonyl (C=O) groups excluding carboxylic acids is 1. The van der Waals surface area contributed by atoms with Gasteiger partial charge in [-0.05, 0) is 19.8 Å². The molecule has 0 aromatic heterocycles. The van der Waals surface area contributed by atoms with Gasteiger partial charge in [0.15, 0.2) is 23.1 Å². The normalized spacial score (nSPS) is 14.4. The highest BCUT2D eigenvalue weighted by molar-refractivity contribution is 6.04. The first-order valence-corrected chi connectivity index (χ1v) is 4.19. The van der Waals surface area contributed by atoms with E-state index in [1.54, 1.807) is 0 Å². The molecule has 0 spiro atoms. The number of ketones is 1.